The lowest BCUT2D eigenvalue weighted by molar-refractivity contribution is -0.117. The van der Waals surface area contributed by atoms with E-state index in [9.17, 15) is 48.6 Å². The average molecular weight is 1130 g/mol. The standard InChI is InChI=1S/C19H26N2O3.C17H24N2O3.C13H16N2O3.C12H14N2O4/c1-13(2)18(23)11-14-3-5-15(6-4-14)12-20-19(24)21-16-7-9-17(22)10-8-16;1-13(2)16(21)7-5-3-4-6-12-18-17(22)19-14-8-10-15(20)11-9-14;1-2-11(16)4-3-9-14-13(18)15-10-5-7-12(17)8-6-10;1-2-9(15)5-6-13-12(18)14-8-3-4-10(16)11(17)7-8/h7-10,14-15,22H,1,3-6,11-12H2,2H3,(H2,20,21,24);8-11,20H,1,3-7,12H2,2H3,(H2,18,19,22);2,5-8,17H,1,3-4,9H2,(H2,14,15,18);2-4,7,16-17H,1,5-6H2,(H2,13,14,18). The minimum atomic E-state index is -0.503. The van der Waals surface area contributed by atoms with Crippen molar-refractivity contribution in [3.8, 4) is 28.7 Å². The molecule has 1 aliphatic rings. The summed E-state index contributed by atoms with van der Waals surface area (Å²) in [4.78, 5) is 91.1. The van der Waals surface area contributed by atoms with Crippen molar-refractivity contribution in [1.29, 1.82) is 0 Å². The zero-order chi connectivity index (χ0) is 60.8. The molecule has 0 aliphatic heterocycles. The van der Waals surface area contributed by atoms with Crippen molar-refractivity contribution in [2.45, 2.75) is 97.3 Å². The predicted octanol–water partition coefficient (Wildman–Crippen LogP) is 10.9. The van der Waals surface area contributed by atoms with Gasteiger partial charge in [-0.3, -0.25) is 19.2 Å². The van der Waals surface area contributed by atoms with E-state index in [1.165, 1.54) is 66.7 Å². The molecule has 0 aromatic heterocycles. The minimum Gasteiger partial charge on any atom is -0.508 e. The van der Waals surface area contributed by atoms with Gasteiger partial charge in [-0.2, -0.15) is 0 Å². The second-order valence-electron chi connectivity index (χ2n) is 19.2. The van der Waals surface area contributed by atoms with Crippen molar-refractivity contribution in [2.24, 2.45) is 11.8 Å². The van der Waals surface area contributed by atoms with E-state index < -0.39 is 6.03 Å². The van der Waals surface area contributed by atoms with Crippen molar-refractivity contribution in [1.82, 2.24) is 21.3 Å². The number of phenols is 5. The van der Waals surface area contributed by atoms with Crippen molar-refractivity contribution in [3.05, 3.63) is 141 Å². The molecule has 1 saturated carbocycles. The van der Waals surface area contributed by atoms with E-state index in [4.69, 9.17) is 15.3 Å². The van der Waals surface area contributed by atoms with Gasteiger partial charge in [0.15, 0.2) is 34.6 Å². The Bertz CT molecular complexity index is 2740. The van der Waals surface area contributed by atoms with Crippen molar-refractivity contribution in [3.63, 3.8) is 0 Å². The molecule has 442 valence electrons. The molecule has 0 radical (unpaired) electrons. The van der Waals surface area contributed by atoms with Crippen LogP contribution in [0.2, 0.25) is 0 Å². The number of hydrogen-bond donors (Lipinski definition) is 13. The van der Waals surface area contributed by atoms with E-state index in [2.05, 4.69) is 68.9 Å². The van der Waals surface area contributed by atoms with Crippen LogP contribution in [-0.2, 0) is 19.2 Å². The quantitative estimate of drug-likeness (QED) is 0.0121. The highest BCUT2D eigenvalue weighted by molar-refractivity contribution is 5.95. The number of aromatic hydroxyl groups is 5. The number of ketones is 4. The fourth-order valence-corrected chi connectivity index (χ4v) is 7.40. The van der Waals surface area contributed by atoms with Gasteiger partial charge in [-0.05, 0) is 179 Å². The van der Waals surface area contributed by atoms with Gasteiger partial charge in [0.25, 0.3) is 0 Å². The monoisotopic (exact) mass is 1130 g/mol. The Labute approximate surface area is 479 Å². The zero-order valence-corrected chi connectivity index (χ0v) is 46.8. The number of hydrogen-bond acceptors (Lipinski definition) is 13. The first kappa shape index (κ1) is 68.7. The van der Waals surface area contributed by atoms with Crippen LogP contribution in [0.3, 0.4) is 0 Å². The molecule has 82 heavy (non-hydrogen) atoms. The summed E-state index contributed by atoms with van der Waals surface area (Å²) in [7, 11) is 0. The second kappa shape index (κ2) is 39.0. The van der Waals surface area contributed by atoms with Gasteiger partial charge in [0.05, 0.1) is 0 Å². The van der Waals surface area contributed by atoms with E-state index in [0.717, 1.165) is 51.4 Å². The summed E-state index contributed by atoms with van der Waals surface area (Å²) in [6, 6.07) is 21.4. The lowest BCUT2D eigenvalue weighted by Gasteiger charge is -2.28. The number of phenolic OH excluding ortho intramolecular Hbond substituents is 5. The number of rotatable bonds is 26. The Morgan fingerprint density at radius 3 is 1.28 bits per heavy atom. The van der Waals surface area contributed by atoms with Gasteiger partial charge in [0.1, 0.15) is 17.2 Å². The largest absolute Gasteiger partial charge is 0.508 e. The van der Waals surface area contributed by atoms with Crippen LogP contribution in [-0.4, -0.2) is 99.0 Å². The van der Waals surface area contributed by atoms with Crippen molar-refractivity contribution in [2.75, 3.05) is 47.4 Å². The Balaban J connectivity index is 0.000000376. The fraction of sp³-hybridized carbons (Fsp3) is 0.344. The molecular weight excluding hydrogens is 1050 g/mol. The van der Waals surface area contributed by atoms with Crippen molar-refractivity contribution >= 4 is 70.0 Å². The fourth-order valence-electron chi connectivity index (χ4n) is 7.40. The third-order valence-electron chi connectivity index (χ3n) is 12.2. The van der Waals surface area contributed by atoms with Gasteiger partial charge in [-0.25, -0.2) is 19.2 Å². The van der Waals surface area contributed by atoms with E-state index in [-0.39, 0.29) is 82.9 Å². The molecule has 0 spiro atoms. The SMILES string of the molecule is C=C(C)C(=O)CC1CCC(CNC(=O)Nc2ccc(O)cc2)CC1.C=C(C)C(=O)CCCCCCNC(=O)Nc1ccc(O)cc1.C=CC(=O)CCCNC(=O)Nc1ccc(O)cc1.C=CC(=O)CCNC(=O)Nc1ccc(O)c(O)c1. The van der Waals surface area contributed by atoms with E-state index in [1.54, 1.807) is 50.2 Å². The lowest BCUT2D eigenvalue weighted by Crippen LogP contribution is -2.34. The van der Waals surface area contributed by atoms with Gasteiger partial charge in [-0.1, -0.05) is 39.2 Å². The molecule has 5 rings (SSSR count). The maximum atomic E-state index is 11.9. The molecule has 1 fully saturated rings. The summed E-state index contributed by atoms with van der Waals surface area (Å²) in [6.45, 7) is 19.4. The molecule has 21 nitrogen and oxygen atoms in total. The van der Waals surface area contributed by atoms with Crippen LogP contribution in [0.1, 0.15) is 97.3 Å². The van der Waals surface area contributed by atoms with Crippen LogP contribution in [0.15, 0.2) is 141 Å². The molecule has 0 unspecified atom stereocenters. The number of amides is 8. The third kappa shape index (κ3) is 31.9. The van der Waals surface area contributed by atoms with Gasteiger partial charge >= 0.3 is 24.1 Å². The number of benzene rings is 4. The first-order valence-electron chi connectivity index (χ1n) is 26.8. The maximum Gasteiger partial charge on any atom is 0.319 e. The summed E-state index contributed by atoms with van der Waals surface area (Å²) in [5.74, 6) is 0.919. The molecular formula is C61H80N8O13. The van der Waals surface area contributed by atoms with Crippen LogP contribution < -0.4 is 42.5 Å². The maximum absolute atomic E-state index is 11.9. The highest BCUT2D eigenvalue weighted by atomic mass is 16.3. The predicted molar refractivity (Wildman–Crippen MR) is 319 cm³/mol. The number of nitrogens with one attached hydrogen (secondary N) is 8. The summed E-state index contributed by atoms with van der Waals surface area (Å²) in [5.41, 5.74) is 3.46. The van der Waals surface area contributed by atoms with E-state index in [0.29, 0.717) is 91.0 Å². The highest BCUT2D eigenvalue weighted by Gasteiger charge is 2.23. The van der Waals surface area contributed by atoms with Crippen LogP contribution >= 0.6 is 0 Å². The summed E-state index contributed by atoms with van der Waals surface area (Å²) >= 11 is 0. The Morgan fingerprint density at radius 1 is 0.439 bits per heavy atom. The number of unbranched alkanes of at least 4 members (excludes halogenated alkanes) is 3. The van der Waals surface area contributed by atoms with Gasteiger partial charge < -0.3 is 68.1 Å². The molecule has 1 aliphatic carbocycles. The molecule has 4 aromatic carbocycles. The number of Topliss-reactive ketones (excluding diaryl/α,β-unsaturated/α-hetero) is 2. The van der Waals surface area contributed by atoms with E-state index in [1.807, 2.05) is 0 Å². The van der Waals surface area contributed by atoms with Crippen molar-refractivity contribution < 1.29 is 63.9 Å². The smallest absolute Gasteiger partial charge is 0.319 e. The van der Waals surface area contributed by atoms with Crippen LogP contribution in [0.5, 0.6) is 28.7 Å². The summed E-state index contributed by atoms with van der Waals surface area (Å²) < 4.78 is 0. The normalized spacial score (nSPS) is 12.8. The molecule has 21 heteroatoms. The van der Waals surface area contributed by atoms with E-state index >= 15 is 0 Å². The first-order chi connectivity index (χ1) is 39.1. The number of allylic oxidation sites excluding steroid dienone is 4. The number of carbonyl (C=O) groups is 8. The Morgan fingerprint density at radius 2 is 0.829 bits per heavy atom. The van der Waals surface area contributed by atoms with Crippen LogP contribution in [0.25, 0.3) is 0 Å². The zero-order valence-electron chi connectivity index (χ0n) is 46.8. The molecule has 0 atom stereocenters. The average Bonchev–Trinajstić information content (AvgIpc) is 3.45. The molecule has 4 aromatic rings. The number of urea groups is 4. The number of anilines is 4. The van der Waals surface area contributed by atoms with Gasteiger partial charge in [0.2, 0.25) is 0 Å². The molecule has 0 bridgehead atoms. The topological polar surface area (TPSA) is 334 Å². The van der Waals surface area contributed by atoms with Gasteiger partial charge in [-0.15, -0.1) is 0 Å². The second-order valence-corrected chi connectivity index (χ2v) is 19.2. The van der Waals surface area contributed by atoms with Crippen LogP contribution in [0, 0.1) is 11.8 Å². The molecule has 0 heterocycles. The summed E-state index contributed by atoms with van der Waals surface area (Å²) in [5, 5.41) is 67.0. The molecule has 0 saturated heterocycles. The summed E-state index contributed by atoms with van der Waals surface area (Å²) in [6.07, 6.45) is 12.6. The molecule has 13 N–H and O–H groups in total. The van der Waals surface area contributed by atoms with Gasteiger partial charge in [0, 0.05) is 80.7 Å². The Hall–Kier alpha value is -9.40. The first-order valence-corrected chi connectivity index (χ1v) is 26.8. The number of carbonyl (C=O) groups excluding carboxylic acids is 8. The highest BCUT2D eigenvalue weighted by Crippen LogP contribution is 2.31. The Kier molecular flexibility index (Phi) is 32.7. The minimum absolute atomic E-state index is 0.0317. The lowest BCUT2D eigenvalue weighted by atomic mass is 9.79. The third-order valence-corrected chi connectivity index (χ3v) is 12.2. The van der Waals surface area contributed by atoms with Crippen LogP contribution in [0.4, 0.5) is 41.9 Å². The molecule has 8 amide bonds.